The van der Waals surface area contributed by atoms with Gasteiger partial charge in [0, 0.05) is 32.9 Å². The minimum absolute atomic E-state index is 0.563. The molecule has 3 heterocycles. The Bertz CT molecular complexity index is 1800. The number of aryl methyl sites for hydroxylation is 2. The molecule has 37 heavy (non-hydrogen) atoms. The van der Waals surface area contributed by atoms with Crippen molar-refractivity contribution in [2.24, 2.45) is 0 Å². The monoisotopic (exact) mass is 500 g/mol. The van der Waals surface area contributed by atoms with Crippen molar-refractivity contribution in [2.45, 2.75) is 13.8 Å². The predicted octanol–water partition coefficient (Wildman–Crippen LogP) is 7.33. The van der Waals surface area contributed by atoms with E-state index in [4.69, 9.17) is 10.00 Å². The van der Waals surface area contributed by atoms with Gasteiger partial charge < -0.3 is 10.1 Å². The third-order valence-electron chi connectivity index (χ3n) is 6.10. The van der Waals surface area contributed by atoms with Gasteiger partial charge >= 0.3 is 0 Å². The number of thiazole rings is 1. The Morgan fingerprint density at radius 2 is 1.70 bits per heavy atom. The Balaban J connectivity index is 1.27. The molecule has 0 unspecified atom stereocenters. The predicted molar refractivity (Wildman–Crippen MR) is 146 cm³/mol. The maximum Gasteiger partial charge on any atom is 0.161 e. The van der Waals surface area contributed by atoms with E-state index >= 15 is 0 Å². The molecule has 0 atom stereocenters. The summed E-state index contributed by atoms with van der Waals surface area (Å²) in [6.45, 7) is 4.08. The van der Waals surface area contributed by atoms with Crippen LogP contribution in [0.4, 0.5) is 11.5 Å². The maximum absolute atomic E-state index is 9.14. The molecule has 0 spiro atoms. The summed E-state index contributed by atoms with van der Waals surface area (Å²) in [5.41, 5.74) is 3.94. The smallest absolute Gasteiger partial charge is 0.161 e. The highest BCUT2D eigenvalue weighted by Crippen LogP contribution is 2.35. The zero-order valence-corrected chi connectivity index (χ0v) is 20.9. The quantitative estimate of drug-likeness (QED) is 0.265. The van der Waals surface area contributed by atoms with Crippen LogP contribution in [0.3, 0.4) is 0 Å². The van der Waals surface area contributed by atoms with Crippen LogP contribution in [-0.4, -0.2) is 20.2 Å². The molecule has 0 aliphatic heterocycles. The molecule has 0 aliphatic carbocycles. The molecule has 3 aromatic heterocycles. The Morgan fingerprint density at radius 3 is 2.46 bits per heavy atom. The molecule has 3 aromatic carbocycles. The van der Waals surface area contributed by atoms with Gasteiger partial charge in [-0.3, -0.25) is 4.98 Å². The third-order valence-corrected chi connectivity index (χ3v) is 7.17. The van der Waals surface area contributed by atoms with Crippen LogP contribution in [0.2, 0.25) is 0 Å². The second-order valence-electron chi connectivity index (χ2n) is 8.51. The third kappa shape index (κ3) is 4.33. The number of hydrogen-bond acceptors (Lipinski definition) is 8. The highest BCUT2D eigenvalue weighted by molar-refractivity contribution is 7.15. The second kappa shape index (κ2) is 9.30. The molecule has 178 valence electrons. The molecule has 0 bridgehead atoms. The fourth-order valence-corrected chi connectivity index (χ4v) is 4.99. The normalized spacial score (nSPS) is 10.9. The topological polar surface area (TPSA) is 96.6 Å². The van der Waals surface area contributed by atoms with Crippen LogP contribution in [0.25, 0.3) is 32.4 Å². The van der Waals surface area contributed by atoms with Crippen LogP contribution >= 0.6 is 11.3 Å². The van der Waals surface area contributed by atoms with Crippen LogP contribution in [-0.2, 0) is 0 Å². The highest BCUT2D eigenvalue weighted by Gasteiger charge is 2.15. The number of fused-ring (bicyclic) bond motifs is 2. The van der Waals surface area contributed by atoms with Crippen molar-refractivity contribution in [3.05, 3.63) is 95.1 Å². The van der Waals surface area contributed by atoms with Crippen LogP contribution in [0.1, 0.15) is 16.1 Å². The fraction of sp³-hybridized carbons (Fsp3) is 0.0690. The van der Waals surface area contributed by atoms with Crippen LogP contribution in [0.5, 0.6) is 11.5 Å². The summed E-state index contributed by atoms with van der Waals surface area (Å²) in [4.78, 5) is 10.2. The molecule has 0 radical (unpaired) electrons. The molecule has 0 saturated carbocycles. The zero-order valence-electron chi connectivity index (χ0n) is 20.1. The van der Waals surface area contributed by atoms with Crippen molar-refractivity contribution in [3.8, 4) is 28.3 Å². The Labute approximate surface area is 217 Å². The van der Waals surface area contributed by atoms with E-state index < -0.39 is 0 Å². The maximum atomic E-state index is 9.14. The van der Waals surface area contributed by atoms with Gasteiger partial charge in [-0.25, -0.2) is 4.98 Å². The number of nitriles is 1. The van der Waals surface area contributed by atoms with Crippen molar-refractivity contribution < 1.29 is 4.74 Å². The van der Waals surface area contributed by atoms with Crippen LogP contribution < -0.4 is 10.1 Å². The number of rotatable bonds is 5. The van der Waals surface area contributed by atoms with Gasteiger partial charge in [-0.1, -0.05) is 24.3 Å². The summed E-state index contributed by atoms with van der Waals surface area (Å²) < 4.78 is 6.13. The fourth-order valence-electron chi connectivity index (χ4n) is 4.08. The van der Waals surface area contributed by atoms with Gasteiger partial charge in [0.2, 0.25) is 0 Å². The number of ether oxygens (including phenoxy) is 1. The second-order valence-corrected chi connectivity index (χ2v) is 9.71. The first kappa shape index (κ1) is 22.6. The van der Waals surface area contributed by atoms with Gasteiger partial charge in [-0.05, 0) is 62.4 Å². The van der Waals surface area contributed by atoms with Crippen molar-refractivity contribution >= 4 is 44.5 Å². The lowest BCUT2D eigenvalue weighted by molar-refractivity contribution is 0.488. The summed E-state index contributed by atoms with van der Waals surface area (Å²) in [5.74, 6) is 2.03. The summed E-state index contributed by atoms with van der Waals surface area (Å²) in [5, 5.41) is 25.2. The lowest BCUT2D eigenvalue weighted by Crippen LogP contribution is -1.99. The Morgan fingerprint density at radius 1 is 0.892 bits per heavy atom. The molecule has 0 saturated heterocycles. The molecule has 0 aliphatic rings. The molecule has 6 rings (SSSR count). The van der Waals surface area contributed by atoms with Gasteiger partial charge in [0.15, 0.2) is 5.82 Å². The number of anilines is 2. The average molecular weight is 501 g/mol. The van der Waals surface area contributed by atoms with E-state index in [1.54, 1.807) is 29.7 Å². The standard InChI is InChI=1S/C29H20N6OS/c1-17-18(2)37-29(32-17)27-22-5-3-4-6-23(22)28(35-34-27)33-20-8-10-21(11-9-20)36-26-13-14-31-25-15-19(16-30)7-12-24(25)26/h3-15H,1-2H3,(H,33,35). The van der Waals surface area contributed by atoms with E-state index in [-0.39, 0.29) is 0 Å². The minimum Gasteiger partial charge on any atom is -0.457 e. The van der Waals surface area contributed by atoms with Gasteiger partial charge in [-0.15, -0.1) is 21.5 Å². The number of nitrogens with zero attached hydrogens (tertiary/aromatic N) is 5. The van der Waals surface area contributed by atoms with Gasteiger partial charge in [0.05, 0.1) is 22.8 Å². The van der Waals surface area contributed by atoms with Crippen molar-refractivity contribution in [1.82, 2.24) is 20.2 Å². The summed E-state index contributed by atoms with van der Waals surface area (Å²) in [6, 6.07) is 25.1. The van der Waals surface area contributed by atoms with E-state index in [0.29, 0.717) is 28.4 Å². The van der Waals surface area contributed by atoms with Crippen molar-refractivity contribution in [1.29, 1.82) is 5.26 Å². The molecule has 7 nitrogen and oxygen atoms in total. The van der Waals surface area contributed by atoms with Crippen molar-refractivity contribution in [3.63, 3.8) is 0 Å². The first-order valence-corrected chi connectivity index (χ1v) is 12.4. The van der Waals surface area contributed by atoms with Crippen molar-refractivity contribution in [2.75, 3.05) is 5.32 Å². The largest absolute Gasteiger partial charge is 0.457 e. The first-order valence-electron chi connectivity index (χ1n) is 11.6. The Hall–Kier alpha value is -4.87. The molecule has 0 fully saturated rings. The SMILES string of the molecule is Cc1nc(-c2nnc(Nc3ccc(Oc4ccnc5cc(C#N)ccc45)cc3)c3ccccc23)sc1C. The van der Waals surface area contributed by atoms with Crippen LogP contribution in [0, 0.1) is 25.2 Å². The summed E-state index contributed by atoms with van der Waals surface area (Å²) >= 11 is 1.63. The number of pyridine rings is 1. The van der Waals surface area contributed by atoms with Crippen LogP contribution in [0.15, 0.2) is 79.0 Å². The minimum atomic E-state index is 0.563. The lowest BCUT2D eigenvalue weighted by atomic mass is 10.1. The van der Waals surface area contributed by atoms with Gasteiger partial charge in [0.25, 0.3) is 0 Å². The number of nitrogens with one attached hydrogen (secondary N) is 1. The van der Waals surface area contributed by atoms with E-state index in [9.17, 15) is 0 Å². The first-order chi connectivity index (χ1) is 18.1. The number of aromatic nitrogens is 4. The summed E-state index contributed by atoms with van der Waals surface area (Å²) in [6.07, 6.45) is 1.68. The zero-order chi connectivity index (χ0) is 25.4. The molecule has 8 heteroatoms. The van der Waals surface area contributed by atoms with Gasteiger partial charge in [0.1, 0.15) is 22.2 Å². The lowest BCUT2D eigenvalue weighted by Gasteiger charge is -2.12. The number of benzene rings is 3. The van der Waals surface area contributed by atoms with E-state index in [0.717, 1.165) is 38.2 Å². The molecule has 1 N–H and O–H groups in total. The van der Waals surface area contributed by atoms with E-state index in [2.05, 4.69) is 38.5 Å². The highest BCUT2D eigenvalue weighted by atomic mass is 32.1. The number of hydrogen-bond donors (Lipinski definition) is 1. The molecular formula is C29H20N6OS. The van der Waals surface area contributed by atoms with E-state index in [1.165, 1.54) is 4.88 Å². The van der Waals surface area contributed by atoms with Gasteiger partial charge in [-0.2, -0.15) is 5.26 Å². The Kier molecular flexibility index (Phi) is 5.68. The summed E-state index contributed by atoms with van der Waals surface area (Å²) in [7, 11) is 0. The molecule has 6 aromatic rings. The molecule has 0 amide bonds. The molecular weight excluding hydrogens is 480 g/mol. The average Bonchev–Trinajstić information content (AvgIpc) is 3.27. The van der Waals surface area contributed by atoms with E-state index in [1.807, 2.05) is 67.6 Å².